The van der Waals surface area contributed by atoms with Gasteiger partial charge in [-0.15, -0.1) is 0 Å². The molecule has 0 amide bonds. The highest BCUT2D eigenvalue weighted by molar-refractivity contribution is 7.93. The molecule has 0 saturated carbocycles. The Morgan fingerprint density at radius 1 is 1.18 bits per heavy atom. The summed E-state index contributed by atoms with van der Waals surface area (Å²) >= 11 is 0.750. The Balaban J connectivity index is 0.000000179. The monoisotopic (exact) mass is 178 g/mol. The third-order valence-electron chi connectivity index (χ3n) is 1.88. The van der Waals surface area contributed by atoms with Crippen LogP contribution < -0.4 is 0 Å². The molecule has 0 radical (unpaired) electrons. The first-order valence-electron chi connectivity index (χ1n) is 3.79. The van der Waals surface area contributed by atoms with Crippen LogP contribution in [-0.4, -0.2) is 36.2 Å². The van der Waals surface area contributed by atoms with Gasteiger partial charge in [0.25, 0.3) is 0 Å². The summed E-state index contributed by atoms with van der Waals surface area (Å²) in [5.41, 5.74) is 0. The number of hydrogen-bond acceptors (Lipinski definition) is 4. The average Bonchev–Trinajstić information content (AvgIpc) is 2.44. The number of hydrogen-bond donors (Lipinski definition) is 1. The van der Waals surface area contributed by atoms with Gasteiger partial charge >= 0.3 is 0 Å². The minimum absolute atomic E-state index is 0.454. The molecule has 0 aromatic heterocycles. The maximum atomic E-state index is 7.49. The molecule has 2 unspecified atom stereocenters. The van der Waals surface area contributed by atoms with Crippen molar-refractivity contribution in [3.8, 4) is 0 Å². The van der Waals surface area contributed by atoms with Crippen molar-refractivity contribution in [3.05, 3.63) is 0 Å². The highest BCUT2D eigenvalue weighted by Crippen LogP contribution is 2.25. The molecular formula is C7H14O3S. The predicted molar refractivity (Wildman–Crippen MR) is 44.9 cm³/mol. The van der Waals surface area contributed by atoms with Gasteiger partial charge in [0, 0.05) is 19.5 Å². The molecule has 2 atom stereocenters. The van der Waals surface area contributed by atoms with E-state index in [4.69, 9.17) is 14.0 Å². The number of rotatable bonds is 0. The van der Waals surface area contributed by atoms with E-state index < -0.39 is 0 Å². The second kappa shape index (κ2) is 4.98. The van der Waals surface area contributed by atoms with Crippen LogP contribution in [0.5, 0.6) is 0 Å². The first kappa shape index (κ1) is 9.32. The van der Waals surface area contributed by atoms with Gasteiger partial charge in [0.15, 0.2) is 0 Å². The van der Waals surface area contributed by atoms with Crippen LogP contribution in [0.1, 0.15) is 12.8 Å². The van der Waals surface area contributed by atoms with Gasteiger partial charge in [-0.1, -0.05) is 0 Å². The number of ether oxygens (including phenoxy) is 2. The van der Waals surface area contributed by atoms with Crippen molar-refractivity contribution in [2.75, 3.05) is 19.5 Å². The quantitative estimate of drug-likeness (QED) is 0.569. The van der Waals surface area contributed by atoms with E-state index in [9.17, 15) is 0 Å². The Hall–Kier alpha value is 0.230. The largest absolute Gasteiger partial charge is 0.375 e. The third-order valence-corrected chi connectivity index (χ3v) is 1.88. The van der Waals surface area contributed by atoms with Gasteiger partial charge in [0.1, 0.15) is 0 Å². The molecule has 0 aromatic rings. The molecule has 3 nitrogen and oxygen atoms in total. The zero-order valence-electron chi connectivity index (χ0n) is 6.66. The fourth-order valence-electron chi connectivity index (χ4n) is 1.42. The summed E-state index contributed by atoms with van der Waals surface area (Å²) in [7, 11) is 0. The maximum Gasteiger partial charge on any atom is 0.0859 e. The molecule has 2 heterocycles. The first-order valence-corrected chi connectivity index (χ1v) is 4.97. The molecule has 0 spiro atoms. The van der Waals surface area contributed by atoms with Crippen molar-refractivity contribution in [2.45, 2.75) is 25.0 Å². The molecule has 0 aromatic carbocycles. The van der Waals surface area contributed by atoms with Crippen LogP contribution >= 0.6 is 12.0 Å². The molecule has 0 aliphatic carbocycles. The molecule has 2 saturated heterocycles. The zero-order valence-corrected chi connectivity index (χ0v) is 7.47. The summed E-state index contributed by atoms with van der Waals surface area (Å²) in [6, 6.07) is 0. The van der Waals surface area contributed by atoms with E-state index in [0.717, 1.165) is 38.1 Å². The van der Waals surface area contributed by atoms with E-state index >= 15 is 0 Å². The van der Waals surface area contributed by atoms with E-state index in [1.807, 2.05) is 0 Å². The topological polar surface area (TPSA) is 38.7 Å². The Morgan fingerprint density at radius 3 is 1.91 bits per heavy atom. The van der Waals surface area contributed by atoms with E-state index in [-0.39, 0.29) is 0 Å². The lowest BCUT2D eigenvalue weighted by molar-refractivity contribution is 0.0732. The van der Waals surface area contributed by atoms with Crippen LogP contribution in [0.15, 0.2) is 0 Å². The number of fused-ring (bicyclic) bond motifs is 1. The fourth-order valence-corrected chi connectivity index (χ4v) is 1.42. The second-order valence-electron chi connectivity index (χ2n) is 2.58. The Labute approximate surface area is 71.3 Å². The summed E-state index contributed by atoms with van der Waals surface area (Å²) in [5, 5.41) is 0. The molecule has 66 valence electrons. The SMILES string of the molecule is C1CC2OCCC2O1.CSO. The van der Waals surface area contributed by atoms with E-state index in [0.29, 0.717) is 12.2 Å². The van der Waals surface area contributed by atoms with Gasteiger partial charge in [0.2, 0.25) is 0 Å². The van der Waals surface area contributed by atoms with Crippen LogP contribution in [-0.2, 0) is 9.47 Å². The van der Waals surface area contributed by atoms with Gasteiger partial charge in [-0.05, 0) is 24.9 Å². The fraction of sp³-hybridized carbons (Fsp3) is 1.00. The van der Waals surface area contributed by atoms with Crippen molar-refractivity contribution >= 4 is 12.0 Å². The first-order chi connectivity index (χ1) is 5.38. The van der Waals surface area contributed by atoms with E-state index in [1.165, 1.54) is 0 Å². The minimum Gasteiger partial charge on any atom is -0.375 e. The van der Waals surface area contributed by atoms with Gasteiger partial charge in [-0.3, -0.25) is 0 Å². The molecule has 0 bridgehead atoms. The second-order valence-corrected chi connectivity index (χ2v) is 2.94. The molecule has 2 aliphatic rings. The van der Waals surface area contributed by atoms with E-state index in [2.05, 4.69) is 0 Å². The van der Waals surface area contributed by atoms with Crippen LogP contribution in [0.25, 0.3) is 0 Å². The minimum atomic E-state index is 0.454. The lowest BCUT2D eigenvalue weighted by atomic mass is 10.2. The molecule has 1 N–H and O–H groups in total. The molecule has 4 heteroatoms. The Morgan fingerprint density at radius 2 is 1.55 bits per heavy atom. The van der Waals surface area contributed by atoms with Crippen molar-refractivity contribution in [1.29, 1.82) is 0 Å². The van der Waals surface area contributed by atoms with Crippen LogP contribution in [0.4, 0.5) is 0 Å². The maximum absolute atomic E-state index is 7.49. The van der Waals surface area contributed by atoms with Crippen LogP contribution in [0.2, 0.25) is 0 Å². The van der Waals surface area contributed by atoms with Crippen molar-refractivity contribution < 1.29 is 14.0 Å². The van der Waals surface area contributed by atoms with Gasteiger partial charge in [0.05, 0.1) is 12.2 Å². The van der Waals surface area contributed by atoms with E-state index in [1.54, 1.807) is 6.26 Å². The summed E-state index contributed by atoms with van der Waals surface area (Å²) in [5.74, 6) is 0. The molecule has 11 heavy (non-hydrogen) atoms. The zero-order chi connectivity index (χ0) is 8.10. The van der Waals surface area contributed by atoms with Crippen LogP contribution in [0.3, 0.4) is 0 Å². The predicted octanol–water partition coefficient (Wildman–Crippen LogP) is 1.39. The molecule has 2 fully saturated rings. The Bertz CT molecular complexity index is 89.9. The lowest BCUT2D eigenvalue weighted by Crippen LogP contribution is -2.13. The van der Waals surface area contributed by atoms with Crippen LogP contribution in [0, 0.1) is 0 Å². The summed E-state index contributed by atoms with van der Waals surface area (Å²) in [4.78, 5) is 0. The average molecular weight is 178 g/mol. The molecular weight excluding hydrogens is 164 g/mol. The summed E-state index contributed by atoms with van der Waals surface area (Å²) < 4.78 is 18.2. The Kier molecular flexibility index (Phi) is 4.22. The standard InChI is InChI=1S/C6H10O2.CH4OS/c1-3-7-6-2-4-8-5(1)6;1-3-2/h5-6H,1-4H2;2H,1H3. The highest BCUT2D eigenvalue weighted by atomic mass is 32.2. The molecule has 2 aliphatic heterocycles. The molecule has 2 rings (SSSR count). The smallest absolute Gasteiger partial charge is 0.0859 e. The van der Waals surface area contributed by atoms with Crippen molar-refractivity contribution in [3.63, 3.8) is 0 Å². The highest BCUT2D eigenvalue weighted by Gasteiger charge is 2.33. The normalized spacial score (nSPS) is 34.4. The summed E-state index contributed by atoms with van der Waals surface area (Å²) in [6.07, 6.45) is 4.74. The van der Waals surface area contributed by atoms with Gasteiger partial charge in [-0.2, -0.15) is 0 Å². The third kappa shape index (κ3) is 2.63. The van der Waals surface area contributed by atoms with Crippen molar-refractivity contribution in [2.24, 2.45) is 0 Å². The van der Waals surface area contributed by atoms with Gasteiger partial charge in [-0.25, -0.2) is 0 Å². The van der Waals surface area contributed by atoms with Crippen molar-refractivity contribution in [1.82, 2.24) is 0 Å². The lowest BCUT2D eigenvalue weighted by Gasteiger charge is -2.03. The summed E-state index contributed by atoms with van der Waals surface area (Å²) in [6.45, 7) is 1.82. The van der Waals surface area contributed by atoms with Gasteiger partial charge < -0.3 is 14.0 Å².